The first-order valence-corrected chi connectivity index (χ1v) is 6.74. The zero-order chi connectivity index (χ0) is 13.8. The quantitative estimate of drug-likeness (QED) is 0.822. The Morgan fingerprint density at radius 3 is 3.00 bits per heavy atom. The molecule has 0 saturated carbocycles. The highest BCUT2D eigenvalue weighted by atomic mass is 16.5. The first kappa shape index (κ1) is 14.0. The maximum absolute atomic E-state index is 12.3. The molecule has 19 heavy (non-hydrogen) atoms. The van der Waals surface area contributed by atoms with E-state index in [4.69, 9.17) is 4.74 Å². The van der Waals surface area contributed by atoms with Gasteiger partial charge in [-0.05, 0) is 19.9 Å². The molecular weight excluding hydrogens is 244 g/mol. The molecule has 2 atom stereocenters. The van der Waals surface area contributed by atoms with Gasteiger partial charge in [-0.3, -0.25) is 9.48 Å². The summed E-state index contributed by atoms with van der Waals surface area (Å²) in [5, 5.41) is 10.5. The molecule has 1 aliphatic heterocycles. The summed E-state index contributed by atoms with van der Waals surface area (Å²) >= 11 is 0. The predicted molar refractivity (Wildman–Crippen MR) is 73.0 cm³/mol. The van der Waals surface area contributed by atoms with Gasteiger partial charge in [0.05, 0.1) is 30.5 Å². The van der Waals surface area contributed by atoms with Gasteiger partial charge in [0.2, 0.25) is 5.91 Å². The summed E-state index contributed by atoms with van der Waals surface area (Å²) in [6.45, 7) is 5.98. The predicted octanol–water partition coefficient (Wildman–Crippen LogP) is 0.682. The van der Waals surface area contributed by atoms with Crippen LogP contribution < -0.4 is 10.6 Å². The second kappa shape index (κ2) is 6.16. The van der Waals surface area contributed by atoms with Crippen molar-refractivity contribution in [1.82, 2.24) is 15.1 Å². The number of nitrogens with zero attached hydrogens (tertiary/aromatic N) is 2. The van der Waals surface area contributed by atoms with Crippen molar-refractivity contribution in [3.8, 4) is 0 Å². The van der Waals surface area contributed by atoms with Crippen LogP contribution in [0.4, 0.5) is 5.69 Å². The average molecular weight is 266 g/mol. The molecule has 2 heterocycles. The van der Waals surface area contributed by atoms with Gasteiger partial charge in [-0.1, -0.05) is 6.92 Å². The van der Waals surface area contributed by atoms with Crippen molar-refractivity contribution in [2.75, 3.05) is 25.1 Å². The highest BCUT2D eigenvalue weighted by molar-refractivity contribution is 5.93. The number of hydrogen-bond acceptors (Lipinski definition) is 4. The summed E-state index contributed by atoms with van der Waals surface area (Å²) in [7, 11) is 1.84. The number of ether oxygens (including phenoxy) is 1. The number of carbonyl (C=O) groups is 1. The zero-order valence-electron chi connectivity index (χ0n) is 11.8. The number of rotatable bonds is 5. The van der Waals surface area contributed by atoms with Gasteiger partial charge in [0, 0.05) is 19.3 Å². The Bertz CT molecular complexity index is 444. The van der Waals surface area contributed by atoms with Gasteiger partial charge in [-0.2, -0.15) is 5.10 Å². The molecule has 0 aromatic carbocycles. The molecular formula is C13H22N4O2. The van der Waals surface area contributed by atoms with Gasteiger partial charge in [0.1, 0.15) is 0 Å². The number of nitrogens with one attached hydrogen (secondary N) is 2. The van der Waals surface area contributed by atoms with Gasteiger partial charge in [0.25, 0.3) is 0 Å². The van der Waals surface area contributed by atoms with E-state index in [9.17, 15) is 4.79 Å². The van der Waals surface area contributed by atoms with E-state index in [-0.39, 0.29) is 17.9 Å². The van der Waals surface area contributed by atoms with Crippen molar-refractivity contribution in [2.45, 2.75) is 26.3 Å². The maximum atomic E-state index is 12.3. The van der Waals surface area contributed by atoms with Gasteiger partial charge in [-0.15, -0.1) is 0 Å². The molecule has 2 unspecified atom stereocenters. The van der Waals surface area contributed by atoms with Crippen LogP contribution in [-0.4, -0.2) is 41.5 Å². The lowest BCUT2D eigenvalue weighted by Gasteiger charge is -2.18. The van der Waals surface area contributed by atoms with Crippen LogP contribution in [0, 0.1) is 12.8 Å². The van der Waals surface area contributed by atoms with E-state index in [1.54, 1.807) is 4.68 Å². The Balaban J connectivity index is 1.97. The number of hydrogen-bond donors (Lipinski definition) is 2. The topological polar surface area (TPSA) is 68.2 Å². The van der Waals surface area contributed by atoms with Crippen LogP contribution in [0.25, 0.3) is 0 Å². The smallest absolute Gasteiger partial charge is 0.231 e. The van der Waals surface area contributed by atoms with Gasteiger partial charge in [0.15, 0.2) is 0 Å². The second-order valence-electron chi connectivity index (χ2n) is 5.00. The monoisotopic (exact) mass is 266 g/mol. The van der Waals surface area contributed by atoms with E-state index >= 15 is 0 Å². The van der Waals surface area contributed by atoms with Gasteiger partial charge >= 0.3 is 0 Å². The molecule has 1 amide bonds. The minimum absolute atomic E-state index is 0.00204. The third-order valence-corrected chi connectivity index (χ3v) is 3.35. The molecule has 2 rings (SSSR count). The maximum Gasteiger partial charge on any atom is 0.231 e. The summed E-state index contributed by atoms with van der Waals surface area (Å²) in [4.78, 5) is 12.3. The lowest BCUT2D eigenvalue weighted by Crippen LogP contribution is -2.41. The molecule has 1 fully saturated rings. The number of aromatic nitrogens is 2. The molecule has 6 nitrogen and oxygen atoms in total. The summed E-state index contributed by atoms with van der Waals surface area (Å²) < 4.78 is 7.11. The average Bonchev–Trinajstić information content (AvgIpc) is 2.94. The zero-order valence-corrected chi connectivity index (χ0v) is 11.8. The number of aryl methyl sites for hydroxylation is 2. The molecule has 0 aliphatic carbocycles. The molecule has 1 aromatic heterocycles. The Kier molecular flexibility index (Phi) is 4.55. The number of anilines is 1. The van der Waals surface area contributed by atoms with E-state index in [1.165, 1.54) is 0 Å². The van der Waals surface area contributed by atoms with Crippen molar-refractivity contribution in [2.24, 2.45) is 13.0 Å². The highest BCUT2D eigenvalue weighted by Gasteiger charge is 2.33. The van der Waals surface area contributed by atoms with Gasteiger partial charge in [-0.25, -0.2) is 0 Å². The first-order chi connectivity index (χ1) is 9.11. The molecule has 1 aliphatic rings. The van der Waals surface area contributed by atoms with Crippen molar-refractivity contribution in [1.29, 1.82) is 0 Å². The SMILES string of the molecule is CCCNC1COCC1C(=O)Nc1cn(C)nc1C. The van der Waals surface area contributed by atoms with Crippen molar-refractivity contribution < 1.29 is 9.53 Å². The van der Waals surface area contributed by atoms with Crippen molar-refractivity contribution in [3.63, 3.8) is 0 Å². The molecule has 0 bridgehead atoms. The third kappa shape index (κ3) is 3.33. The van der Waals surface area contributed by atoms with Crippen molar-refractivity contribution in [3.05, 3.63) is 11.9 Å². The summed E-state index contributed by atoms with van der Waals surface area (Å²) in [6, 6.07) is 0.108. The van der Waals surface area contributed by atoms with E-state index in [2.05, 4.69) is 22.7 Å². The van der Waals surface area contributed by atoms with Gasteiger partial charge < -0.3 is 15.4 Å². The van der Waals surface area contributed by atoms with Crippen LogP contribution in [0.3, 0.4) is 0 Å². The lowest BCUT2D eigenvalue weighted by molar-refractivity contribution is -0.120. The molecule has 1 saturated heterocycles. The first-order valence-electron chi connectivity index (χ1n) is 6.74. The van der Waals surface area contributed by atoms with Crippen molar-refractivity contribution >= 4 is 11.6 Å². The van der Waals surface area contributed by atoms with Crippen LogP contribution >= 0.6 is 0 Å². The minimum Gasteiger partial charge on any atom is -0.379 e. The van der Waals surface area contributed by atoms with Crippen LogP contribution in [0.1, 0.15) is 19.0 Å². The molecule has 0 radical (unpaired) electrons. The largest absolute Gasteiger partial charge is 0.379 e. The van der Waals surface area contributed by atoms with E-state index in [1.807, 2.05) is 20.2 Å². The second-order valence-corrected chi connectivity index (χ2v) is 5.00. The summed E-state index contributed by atoms with van der Waals surface area (Å²) in [6.07, 6.45) is 2.87. The molecule has 6 heteroatoms. The number of carbonyl (C=O) groups excluding carboxylic acids is 1. The molecule has 0 spiro atoms. The minimum atomic E-state index is -0.133. The standard InChI is InChI=1S/C13H22N4O2/c1-4-5-14-12-8-19-7-10(12)13(18)15-11-6-17(3)16-9(11)2/h6,10,12,14H,4-5,7-8H2,1-3H3,(H,15,18). The van der Waals surface area contributed by atoms with Crippen LogP contribution in [0.5, 0.6) is 0 Å². The molecule has 1 aromatic rings. The fourth-order valence-corrected chi connectivity index (χ4v) is 2.29. The normalized spacial score (nSPS) is 22.7. The van der Waals surface area contributed by atoms with E-state index in [0.29, 0.717) is 13.2 Å². The van der Waals surface area contributed by atoms with Crippen LogP contribution in [0.15, 0.2) is 6.20 Å². The fraction of sp³-hybridized carbons (Fsp3) is 0.692. The Hall–Kier alpha value is -1.40. The molecule has 106 valence electrons. The lowest BCUT2D eigenvalue weighted by atomic mass is 10.0. The summed E-state index contributed by atoms with van der Waals surface area (Å²) in [5.41, 5.74) is 1.60. The third-order valence-electron chi connectivity index (χ3n) is 3.35. The molecule has 2 N–H and O–H groups in total. The number of amides is 1. The fourth-order valence-electron chi connectivity index (χ4n) is 2.29. The Labute approximate surface area is 113 Å². The van der Waals surface area contributed by atoms with Crippen LogP contribution in [0.2, 0.25) is 0 Å². The van der Waals surface area contributed by atoms with Crippen LogP contribution in [-0.2, 0) is 16.6 Å². The Morgan fingerprint density at radius 2 is 2.37 bits per heavy atom. The Morgan fingerprint density at radius 1 is 1.58 bits per heavy atom. The highest BCUT2D eigenvalue weighted by Crippen LogP contribution is 2.18. The van der Waals surface area contributed by atoms with E-state index in [0.717, 1.165) is 24.3 Å². The van der Waals surface area contributed by atoms with E-state index < -0.39 is 0 Å². The summed E-state index contributed by atoms with van der Waals surface area (Å²) in [5.74, 6) is -0.131.